The number of nitrogens with one attached hydrogen (secondary N) is 1. The summed E-state index contributed by atoms with van der Waals surface area (Å²) < 4.78 is 4.57. The fourth-order valence-corrected chi connectivity index (χ4v) is 2.97. The molecular formula is C18H17NO4. The van der Waals surface area contributed by atoms with E-state index in [4.69, 9.17) is 0 Å². The highest BCUT2D eigenvalue weighted by molar-refractivity contribution is 6.01. The number of fused-ring (bicyclic) bond motifs is 1. The lowest BCUT2D eigenvalue weighted by Gasteiger charge is -2.24. The lowest BCUT2D eigenvalue weighted by atomic mass is 9.81. The Bertz CT molecular complexity index is 833. The molecule has 1 aliphatic carbocycles. The predicted molar refractivity (Wildman–Crippen MR) is 85.0 cm³/mol. The average Bonchev–Trinajstić information content (AvgIpc) is 2.54. The van der Waals surface area contributed by atoms with Gasteiger partial charge >= 0.3 is 5.97 Å². The van der Waals surface area contributed by atoms with Crippen molar-refractivity contribution in [1.29, 1.82) is 0 Å². The molecule has 1 aromatic heterocycles. The average molecular weight is 311 g/mol. The fraction of sp³-hybridized carbons (Fsp3) is 0.278. The Labute approximate surface area is 133 Å². The van der Waals surface area contributed by atoms with Crippen molar-refractivity contribution in [3.8, 4) is 0 Å². The van der Waals surface area contributed by atoms with E-state index in [1.54, 1.807) is 0 Å². The van der Waals surface area contributed by atoms with E-state index in [1.807, 2.05) is 31.2 Å². The highest BCUT2D eigenvalue weighted by Gasteiger charge is 2.28. The zero-order valence-electron chi connectivity index (χ0n) is 13.0. The maximum absolute atomic E-state index is 12.4. The number of carbonyl (C=O) groups excluding carboxylic acids is 2. The van der Waals surface area contributed by atoms with E-state index in [-0.39, 0.29) is 17.3 Å². The molecule has 1 atom stereocenters. The number of benzene rings is 1. The molecule has 0 unspecified atom stereocenters. The number of pyridine rings is 1. The SMILES string of the molecule is COC(=O)c1cc2c([nH]c1=O)C[C@@H](c1ccc(C)cc1)CC2=O. The van der Waals surface area contributed by atoms with Gasteiger partial charge in [0.1, 0.15) is 5.56 Å². The number of carbonyl (C=O) groups is 2. The Hall–Kier alpha value is -2.69. The number of H-pyrrole nitrogens is 1. The number of ketones is 1. The maximum atomic E-state index is 12.4. The molecule has 0 spiro atoms. The van der Waals surface area contributed by atoms with Gasteiger partial charge in [0.2, 0.25) is 0 Å². The van der Waals surface area contributed by atoms with E-state index in [2.05, 4.69) is 9.72 Å². The van der Waals surface area contributed by atoms with Gasteiger partial charge in [-0.2, -0.15) is 0 Å². The van der Waals surface area contributed by atoms with E-state index in [9.17, 15) is 14.4 Å². The molecule has 5 nitrogen and oxygen atoms in total. The standard InChI is InChI=1S/C18H17NO4/c1-10-3-5-11(6-4-10)12-7-15-13(16(20)8-12)9-14(17(21)19-15)18(22)23-2/h3-6,9,12H,7-8H2,1-2H3,(H,19,21)/t12-/m1/s1. The Morgan fingerprint density at radius 2 is 1.87 bits per heavy atom. The van der Waals surface area contributed by atoms with Crippen molar-refractivity contribution >= 4 is 11.8 Å². The fourth-order valence-electron chi connectivity index (χ4n) is 2.97. The van der Waals surface area contributed by atoms with Gasteiger partial charge in [-0.3, -0.25) is 9.59 Å². The summed E-state index contributed by atoms with van der Waals surface area (Å²) in [4.78, 5) is 38.7. The first-order chi connectivity index (χ1) is 11.0. The van der Waals surface area contributed by atoms with E-state index >= 15 is 0 Å². The van der Waals surface area contributed by atoms with Crippen molar-refractivity contribution in [1.82, 2.24) is 4.98 Å². The number of hydrogen-bond donors (Lipinski definition) is 1. The number of esters is 1. The minimum Gasteiger partial charge on any atom is -0.465 e. The molecular weight excluding hydrogens is 294 g/mol. The molecule has 1 aromatic carbocycles. The summed E-state index contributed by atoms with van der Waals surface area (Å²) >= 11 is 0. The van der Waals surface area contributed by atoms with Crippen molar-refractivity contribution in [2.24, 2.45) is 0 Å². The van der Waals surface area contributed by atoms with Crippen LogP contribution in [0.4, 0.5) is 0 Å². The molecule has 0 amide bonds. The third-order valence-corrected chi connectivity index (χ3v) is 4.26. The molecule has 118 valence electrons. The van der Waals surface area contributed by atoms with E-state index in [0.29, 0.717) is 24.1 Å². The van der Waals surface area contributed by atoms with Gasteiger partial charge in [-0.1, -0.05) is 29.8 Å². The van der Waals surface area contributed by atoms with Gasteiger partial charge in [0.15, 0.2) is 5.78 Å². The van der Waals surface area contributed by atoms with Crippen LogP contribution in [0.1, 0.15) is 49.9 Å². The van der Waals surface area contributed by atoms with Crippen molar-refractivity contribution < 1.29 is 14.3 Å². The summed E-state index contributed by atoms with van der Waals surface area (Å²) in [6.07, 6.45) is 0.934. The first-order valence-corrected chi connectivity index (χ1v) is 7.44. The van der Waals surface area contributed by atoms with Gasteiger partial charge in [-0.25, -0.2) is 4.79 Å². The van der Waals surface area contributed by atoms with Crippen LogP contribution in [0.15, 0.2) is 35.1 Å². The van der Waals surface area contributed by atoms with Crippen LogP contribution in [-0.4, -0.2) is 23.8 Å². The maximum Gasteiger partial charge on any atom is 0.343 e. The quantitative estimate of drug-likeness (QED) is 0.864. The summed E-state index contributed by atoms with van der Waals surface area (Å²) in [7, 11) is 1.20. The number of Topliss-reactive ketones (excluding diaryl/α,β-unsaturated/α-hetero) is 1. The zero-order chi connectivity index (χ0) is 16.6. The van der Waals surface area contributed by atoms with Crippen molar-refractivity contribution in [2.45, 2.75) is 25.7 Å². The second-order valence-electron chi connectivity index (χ2n) is 5.83. The largest absolute Gasteiger partial charge is 0.465 e. The van der Waals surface area contributed by atoms with Crippen LogP contribution in [0.3, 0.4) is 0 Å². The van der Waals surface area contributed by atoms with E-state index < -0.39 is 11.5 Å². The third kappa shape index (κ3) is 2.82. The van der Waals surface area contributed by atoms with Crippen LogP contribution in [0.25, 0.3) is 0 Å². The normalized spacial score (nSPS) is 16.8. The lowest BCUT2D eigenvalue weighted by molar-refractivity contribution is 0.0598. The first kappa shape index (κ1) is 15.2. The van der Waals surface area contributed by atoms with Crippen LogP contribution < -0.4 is 5.56 Å². The Kier molecular flexibility index (Phi) is 3.86. The molecule has 1 N–H and O–H groups in total. The smallest absolute Gasteiger partial charge is 0.343 e. The summed E-state index contributed by atoms with van der Waals surface area (Å²) in [5, 5.41) is 0. The van der Waals surface area contributed by atoms with Gasteiger partial charge in [-0.15, -0.1) is 0 Å². The summed E-state index contributed by atoms with van der Waals surface area (Å²) in [6.45, 7) is 2.01. The molecule has 0 aliphatic heterocycles. The highest BCUT2D eigenvalue weighted by Crippen LogP contribution is 2.31. The van der Waals surface area contributed by atoms with Gasteiger partial charge in [-0.05, 0) is 30.9 Å². The second kappa shape index (κ2) is 5.83. The molecule has 23 heavy (non-hydrogen) atoms. The number of aromatic amines is 1. The zero-order valence-corrected chi connectivity index (χ0v) is 13.0. The molecule has 1 aliphatic rings. The third-order valence-electron chi connectivity index (χ3n) is 4.26. The molecule has 0 bridgehead atoms. The molecule has 3 rings (SSSR count). The minimum atomic E-state index is -0.734. The van der Waals surface area contributed by atoms with Gasteiger partial charge in [0.05, 0.1) is 7.11 Å². The van der Waals surface area contributed by atoms with Crippen LogP contribution in [0.2, 0.25) is 0 Å². The summed E-state index contributed by atoms with van der Waals surface area (Å²) in [6, 6.07) is 9.41. The Morgan fingerprint density at radius 1 is 1.17 bits per heavy atom. The number of aromatic nitrogens is 1. The number of aryl methyl sites for hydroxylation is 1. The van der Waals surface area contributed by atoms with Gasteiger partial charge in [0.25, 0.3) is 5.56 Å². The highest BCUT2D eigenvalue weighted by atomic mass is 16.5. The van der Waals surface area contributed by atoms with E-state index in [0.717, 1.165) is 11.1 Å². The monoisotopic (exact) mass is 311 g/mol. The predicted octanol–water partition coefficient (Wildman–Crippen LogP) is 2.38. The number of ether oxygens (including phenoxy) is 1. The topological polar surface area (TPSA) is 76.2 Å². The van der Waals surface area contributed by atoms with Crippen molar-refractivity contribution in [3.05, 3.63) is 68.6 Å². The van der Waals surface area contributed by atoms with Gasteiger partial charge < -0.3 is 9.72 Å². The molecule has 0 saturated carbocycles. The molecule has 2 aromatic rings. The van der Waals surface area contributed by atoms with Crippen LogP contribution in [0.5, 0.6) is 0 Å². The minimum absolute atomic E-state index is 0.0372. The number of rotatable bonds is 2. The first-order valence-electron chi connectivity index (χ1n) is 7.44. The second-order valence-corrected chi connectivity index (χ2v) is 5.83. The molecule has 0 saturated heterocycles. The van der Waals surface area contributed by atoms with E-state index in [1.165, 1.54) is 13.2 Å². The molecule has 1 heterocycles. The lowest BCUT2D eigenvalue weighted by Crippen LogP contribution is -2.27. The number of methoxy groups -OCH3 is 1. The number of hydrogen-bond acceptors (Lipinski definition) is 4. The Morgan fingerprint density at radius 3 is 2.52 bits per heavy atom. The van der Waals surface area contributed by atoms with Crippen molar-refractivity contribution in [2.75, 3.05) is 7.11 Å². The molecule has 0 radical (unpaired) electrons. The van der Waals surface area contributed by atoms with Gasteiger partial charge in [0, 0.05) is 17.7 Å². The Balaban J connectivity index is 1.99. The molecule has 0 fully saturated rings. The van der Waals surface area contributed by atoms with Crippen LogP contribution in [0, 0.1) is 6.92 Å². The van der Waals surface area contributed by atoms with Crippen molar-refractivity contribution in [3.63, 3.8) is 0 Å². The summed E-state index contributed by atoms with van der Waals surface area (Å²) in [5.41, 5.74) is 2.58. The molecule has 5 heteroatoms. The summed E-state index contributed by atoms with van der Waals surface area (Å²) in [5.74, 6) is -0.768. The van der Waals surface area contributed by atoms with Crippen LogP contribution in [-0.2, 0) is 11.2 Å². The van der Waals surface area contributed by atoms with Crippen LogP contribution >= 0.6 is 0 Å².